The number of terminal acetylenes is 1. The molecular weight excluding hydrogens is 472 g/mol. The zero-order valence-electron chi connectivity index (χ0n) is 20.1. The van der Waals surface area contributed by atoms with Crippen molar-refractivity contribution >= 4 is 28.6 Å². The van der Waals surface area contributed by atoms with E-state index in [-0.39, 0.29) is 12.1 Å². The average Bonchev–Trinajstić information content (AvgIpc) is 3.25. The van der Waals surface area contributed by atoms with E-state index < -0.39 is 0 Å². The number of H-pyrrole nitrogens is 1. The number of aryl methyl sites for hydroxylation is 1. The fourth-order valence-corrected chi connectivity index (χ4v) is 4.85. The summed E-state index contributed by atoms with van der Waals surface area (Å²) < 4.78 is 11.6. The number of halogens is 1. The summed E-state index contributed by atoms with van der Waals surface area (Å²) in [5, 5.41) is 1.77. The number of rotatable bonds is 6. The fourth-order valence-electron chi connectivity index (χ4n) is 4.68. The zero-order valence-corrected chi connectivity index (χ0v) is 20.8. The van der Waals surface area contributed by atoms with Crippen LogP contribution in [0.15, 0.2) is 66.7 Å². The van der Waals surface area contributed by atoms with Gasteiger partial charge >= 0.3 is 6.09 Å². The maximum Gasteiger partial charge on any atom is 0.416 e. The first-order valence-corrected chi connectivity index (χ1v) is 12.4. The quantitative estimate of drug-likeness (QED) is 0.228. The van der Waals surface area contributed by atoms with E-state index in [9.17, 15) is 4.79 Å². The maximum absolute atomic E-state index is 13.4. The number of fused-ring (bicyclic) bond motifs is 3. The Morgan fingerprint density at radius 2 is 1.86 bits per heavy atom. The lowest BCUT2D eigenvalue weighted by Gasteiger charge is -2.35. The zero-order chi connectivity index (χ0) is 25.1. The molecule has 5 nitrogen and oxygen atoms in total. The lowest BCUT2D eigenvalue weighted by atomic mass is 9.92. The number of carbonyl (C=O) groups excluding carboxylic acids is 1. The Balaban J connectivity index is 1.48. The van der Waals surface area contributed by atoms with Crippen molar-refractivity contribution in [2.24, 2.45) is 0 Å². The first-order valence-electron chi connectivity index (χ1n) is 12.0. The molecule has 1 aliphatic heterocycles. The molecule has 0 aliphatic carbocycles. The molecule has 0 fully saturated rings. The van der Waals surface area contributed by atoms with Gasteiger partial charge in [-0.1, -0.05) is 41.4 Å². The summed E-state index contributed by atoms with van der Waals surface area (Å²) in [6.07, 6.45) is 7.12. The maximum atomic E-state index is 13.4. The van der Waals surface area contributed by atoms with Gasteiger partial charge in [0.1, 0.15) is 17.5 Å². The van der Waals surface area contributed by atoms with Gasteiger partial charge in [0.2, 0.25) is 0 Å². The van der Waals surface area contributed by atoms with E-state index in [1.165, 1.54) is 5.56 Å². The van der Waals surface area contributed by atoms with Gasteiger partial charge in [-0.2, -0.15) is 0 Å². The molecule has 4 aromatic rings. The van der Waals surface area contributed by atoms with Crippen LogP contribution < -0.4 is 9.47 Å². The van der Waals surface area contributed by atoms with Crippen molar-refractivity contribution in [1.29, 1.82) is 0 Å². The predicted octanol–water partition coefficient (Wildman–Crippen LogP) is 7.07. The number of hydrogen-bond acceptors (Lipinski definition) is 3. The second kappa shape index (κ2) is 10.4. The van der Waals surface area contributed by atoms with Gasteiger partial charge in [0.15, 0.2) is 0 Å². The van der Waals surface area contributed by atoms with Crippen LogP contribution in [-0.4, -0.2) is 29.1 Å². The number of nitrogens with one attached hydrogen (secondary N) is 1. The van der Waals surface area contributed by atoms with Crippen LogP contribution in [0.25, 0.3) is 10.9 Å². The molecule has 0 saturated heterocycles. The molecule has 1 aliphatic rings. The van der Waals surface area contributed by atoms with Crippen LogP contribution in [0, 0.1) is 19.3 Å². The molecule has 3 aromatic carbocycles. The number of aromatic amines is 1. The molecule has 1 amide bonds. The minimum absolute atomic E-state index is 0.339. The SMILES string of the molecule is C#CCCCOc1ccc([C@H]2c3[nH]c4ccc(Cl)cc4c3CCN2C(=O)Oc2ccc(C)cc2)cc1. The summed E-state index contributed by atoms with van der Waals surface area (Å²) in [4.78, 5) is 18.7. The largest absolute Gasteiger partial charge is 0.494 e. The van der Waals surface area contributed by atoms with E-state index in [2.05, 4.69) is 10.9 Å². The van der Waals surface area contributed by atoms with Gasteiger partial charge in [0.25, 0.3) is 0 Å². The van der Waals surface area contributed by atoms with Crippen LogP contribution in [0.3, 0.4) is 0 Å². The third-order valence-electron chi connectivity index (χ3n) is 6.48. The third-order valence-corrected chi connectivity index (χ3v) is 6.71. The Kier molecular flexibility index (Phi) is 6.88. The molecule has 2 heterocycles. The number of unbranched alkanes of at least 4 members (excludes halogenated alkanes) is 1. The first kappa shape index (κ1) is 23.8. The molecule has 1 atom stereocenters. The standard InChI is InChI=1S/C30H27ClN2O3/c1-3-4-5-18-35-23-13-8-21(9-14-23)29-28-25(26-19-22(31)10-15-27(26)32-28)16-17-33(29)30(34)36-24-11-6-20(2)7-12-24/h1,6-15,19,29,32H,4-5,16-18H2,2H3/t29-/m0/s1. The van der Waals surface area contributed by atoms with Crippen molar-refractivity contribution in [3.8, 4) is 23.8 Å². The van der Waals surface area contributed by atoms with E-state index >= 15 is 0 Å². The molecule has 1 aromatic heterocycles. The third kappa shape index (κ3) is 4.91. The predicted molar refractivity (Wildman–Crippen MR) is 143 cm³/mol. The van der Waals surface area contributed by atoms with E-state index in [0.717, 1.165) is 39.9 Å². The van der Waals surface area contributed by atoms with Crippen LogP contribution in [-0.2, 0) is 6.42 Å². The lowest BCUT2D eigenvalue weighted by Crippen LogP contribution is -2.42. The summed E-state index contributed by atoms with van der Waals surface area (Å²) in [5.74, 6) is 3.91. The minimum Gasteiger partial charge on any atom is -0.494 e. The van der Waals surface area contributed by atoms with Crippen LogP contribution in [0.2, 0.25) is 5.02 Å². The van der Waals surface area contributed by atoms with Crippen molar-refractivity contribution in [1.82, 2.24) is 9.88 Å². The smallest absolute Gasteiger partial charge is 0.416 e. The summed E-state index contributed by atoms with van der Waals surface area (Å²) in [6, 6.07) is 20.9. The van der Waals surface area contributed by atoms with Gasteiger partial charge in [-0.25, -0.2) is 4.79 Å². The Labute approximate surface area is 216 Å². The lowest BCUT2D eigenvalue weighted by molar-refractivity contribution is 0.135. The Hall–Kier alpha value is -3.88. The Morgan fingerprint density at radius 1 is 1.11 bits per heavy atom. The molecule has 0 radical (unpaired) electrons. The van der Waals surface area contributed by atoms with Gasteiger partial charge < -0.3 is 14.5 Å². The van der Waals surface area contributed by atoms with Gasteiger partial charge in [-0.15, -0.1) is 12.3 Å². The summed E-state index contributed by atoms with van der Waals surface area (Å²) in [5.41, 5.74) is 5.21. The summed E-state index contributed by atoms with van der Waals surface area (Å²) >= 11 is 6.31. The first-order chi connectivity index (χ1) is 17.5. The minimum atomic E-state index is -0.388. The summed E-state index contributed by atoms with van der Waals surface area (Å²) in [6.45, 7) is 3.08. The molecule has 1 N–H and O–H groups in total. The number of ether oxygens (including phenoxy) is 2. The molecule has 6 heteroatoms. The van der Waals surface area contributed by atoms with Gasteiger partial charge in [0, 0.05) is 34.6 Å². The highest BCUT2D eigenvalue weighted by Gasteiger charge is 2.35. The van der Waals surface area contributed by atoms with Crippen LogP contribution in [0.1, 0.15) is 41.3 Å². The second-order valence-electron chi connectivity index (χ2n) is 8.96. The summed E-state index contributed by atoms with van der Waals surface area (Å²) in [7, 11) is 0. The Bertz CT molecular complexity index is 1420. The van der Waals surface area contributed by atoms with Gasteiger partial charge in [-0.05, 0) is 73.4 Å². The van der Waals surface area contributed by atoms with Crippen molar-refractivity contribution in [2.75, 3.05) is 13.2 Å². The number of carbonyl (C=O) groups is 1. The number of nitrogens with zero attached hydrogens (tertiary/aromatic N) is 1. The molecule has 182 valence electrons. The fraction of sp³-hybridized carbons (Fsp3) is 0.233. The number of benzene rings is 3. The van der Waals surface area contributed by atoms with Crippen molar-refractivity contribution in [3.63, 3.8) is 0 Å². The van der Waals surface area contributed by atoms with E-state index in [1.54, 1.807) is 4.90 Å². The van der Waals surface area contributed by atoms with Crippen LogP contribution in [0.4, 0.5) is 4.79 Å². The van der Waals surface area contributed by atoms with E-state index in [0.29, 0.717) is 36.8 Å². The van der Waals surface area contributed by atoms with Crippen LogP contribution >= 0.6 is 11.6 Å². The van der Waals surface area contributed by atoms with Crippen molar-refractivity contribution in [3.05, 3.63) is 94.1 Å². The normalized spacial score (nSPS) is 14.8. The highest BCUT2D eigenvalue weighted by molar-refractivity contribution is 6.31. The highest BCUT2D eigenvalue weighted by Crippen LogP contribution is 2.40. The number of hydrogen-bond donors (Lipinski definition) is 1. The van der Waals surface area contributed by atoms with Gasteiger partial charge in [0.05, 0.1) is 6.61 Å². The van der Waals surface area contributed by atoms with Crippen molar-refractivity contribution in [2.45, 2.75) is 32.2 Å². The van der Waals surface area contributed by atoms with Crippen LogP contribution in [0.5, 0.6) is 11.5 Å². The molecule has 0 bridgehead atoms. The van der Waals surface area contributed by atoms with Gasteiger partial charge in [-0.3, -0.25) is 4.90 Å². The molecular formula is C30H27ClN2O3. The monoisotopic (exact) mass is 498 g/mol. The number of amides is 1. The highest BCUT2D eigenvalue weighted by atomic mass is 35.5. The number of aromatic nitrogens is 1. The molecule has 0 saturated carbocycles. The molecule has 36 heavy (non-hydrogen) atoms. The Morgan fingerprint density at radius 3 is 2.61 bits per heavy atom. The molecule has 0 spiro atoms. The topological polar surface area (TPSA) is 54.6 Å². The van der Waals surface area contributed by atoms with E-state index in [1.807, 2.05) is 73.7 Å². The molecule has 0 unspecified atom stereocenters. The molecule has 5 rings (SSSR count). The second-order valence-corrected chi connectivity index (χ2v) is 9.40. The van der Waals surface area contributed by atoms with Crippen molar-refractivity contribution < 1.29 is 14.3 Å². The van der Waals surface area contributed by atoms with E-state index in [4.69, 9.17) is 27.5 Å². The average molecular weight is 499 g/mol.